The van der Waals surface area contributed by atoms with Crippen molar-refractivity contribution in [2.75, 3.05) is 11.9 Å². The molecule has 5 heteroatoms. The Morgan fingerprint density at radius 1 is 1.20 bits per heavy atom. The number of halogens is 1. The topological polar surface area (TPSA) is 51.2 Å². The van der Waals surface area contributed by atoms with Gasteiger partial charge in [0.05, 0.1) is 17.2 Å². The molecule has 0 saturated heterocycles. The quantitative estimate of drug-likeness (QED) is 0.657. The molecule has 0 amide bonds. The first-order chi connectivity index (χ1) is 12.0. The van der Waals surface area contributed by atoms with Crippen molar-refractivity contribution >= 4 is 34.6 Å². The minimum absolute atomic E-state index is 0.278. The van der Waals surface area contributed by atoms with E-state index in [1.165, 1.54) is 11.8 Å². The van der Waals surface area contributed by atoms with Gasteiger partial charge in [0.1, 0.15) is 5.82 Å². The van der Waals surface area contributed by atoms with E-state index in [9.17, 15) is 4.79 Å². The second-order valence-corrected chi connectivity index (χ2v) is 6.06. The number of esters is 1. The lowest BCUT2D eigenvalue weighted by Gasteiger charge is -2.17. The van der Waals surface area contributed by atoms with Crippen molar-refractivity contribution in [1.82, 2.24) is 4.98 Å². The van der Waals surface area contributed by atoms with E-state index in [1.54, 1.807) is 6.92 Å². The number of nitrogens with zero attached hydrogens (tertiary/aromatic N) is 1. The van der Waals surface area contributed by atoms with Crippen molar-refractivity contribution in [1.29, 1.82) is 0 Å². The van der Waals surface area contributed by atoms with Crippen molar-refractivity contribution in [3.63, 3.8) is 0 Å². The lowest BCUT2D eigenvalue weighted by molar-refractivity contribution is 0.0526. The maximum absolute atomic E-state index is 12.2. The van der Waals surface area contributed by atoms with E-state index in [0.717, 1.165) is 23.2 Å². The fourth-order valence-electron chi connectivity index (χ4n) is 2.41. The molecule has 0 spiro atoms. The summed E-state index contributed by atoms with van der Waals surface area (Å²) in [5.41, 5.74) is 4.10. The zero-order valence-electron chi connectivity index (χ0n) is 15.0. The van der Waals surface area contributed by atoms with Crippen LogP contribution >= 0.6 is 11.6 Å². The summed E-state index contributed by atoms with van der Waals surface area (Å²) in [6, 6.07) is 9.73. The molecule has 0 aliphatic heterocycles. The van der Waals surface area contributed by atoms with Crippen LogP contribution in [0.2, 0.25) is 5.02 Å². The first-order valence-electron chi connectivity index (χ1n) is 8.33. The van der Waals surface area contributed by atoms with Gasteiger partial charge in [-0.3, -0.25) is 0 Å². The number of para-hydroxylation sites is 1. The highest BCUT2D eigenvalue weighted by Gasteiger charge is 2.21. The number of carbonyl (C=O) groups excluding carboxylic acids is 1. The van der Waals surface area contributed by atoms with Crippen LogP contribution in [0, 0.1) is 0 Å². The molecule has 2 aromatic rings. The maximum Gasteiger partial charge on any atom is 0.341 e. The molecule has 1 aromatic carbocycles. The molecule has 0 saturated carbocycles. The van der Waals surface area contributed by atoms with Gasteiger partial charge in [-0.15, -0.1) is 0 Å². The number of aromatic nitrogens is 1. The van der Waals surface area contributed by atoms with Crippen LogP contribution in [-0.4, -0.2) is 17.6 Å². The van der Waals surface area contributed by atoms with E-state index in [0.29, 0.717) is 10.8 Å². The molecule has 1 aromatic heterocycles. The van der Waals surface area contributed by atoms with Crippen LogP contribution in [0.5, 0.6) is 0 Å². The minimum atomic E-state index is -0.463. The Morgan fingerprint density at radius 3 is 2.48 bits per heavy atom. The smallest absolute Gasteiger partial charge is 0.341 e. The lowest BCUT2D eigenvalue weighted by Crippen LogP contribution is -2.09. The predicted octanol–water partition coefficient (Wildman–Crippen LogP) is 5.86. The molecule has 132 valence electrons. The van der Waals surface area contributed by atoms with E-state index in [2.05, 4.69) is 24.1 Å². The van der Waals surface area contributed by atoms with E-state index < -0.39 is 5.97 Å². The average Bonchev–Trinajstić information content (AvgIpc) is 2.62. The molecule has 25 heavy (non-hydrogen) atoms. The molecule has 0 atom stereocenters. The van der Waals surface area contributed by atoms with Crippen molar-refractivity contribution in [3.05, 3.63) is 58.3 Å². The summed E-state index contributed by atoms with van der Waals surface area (Å²) < 4.78 is 5.09. The van der Waals surface area contributed by atoms with Gasteiger partial charge in [-0.05, 0) is 44.9 Å². The normalized spacial score (nSPS) is 11.7. The monoisotopic (exact) mass is 358 g/mol. The van der Waals surface area contributed by atoms with Gasteiger partial charge in [0.15, 0.2) is 0 Å². The van der Waals surface area contributed by atoms with Crippen LogP contribution < -0.4 is 5.32 Å². The molecular formula is C20H23ClN2O2. The van der Waals surface area contributed by atoms with Gasteiger partial charge in [-0.25, -0.2) is 9.78 Å². The Hall–Kier alpha value is -2.33. The third-order valence-corrected chi connectivity index (χ3v) is 4.49. The molecule has 0 radical (unpaired) electrons. The highest BCUT2D eigenvalue weighted by atomic mass is 35.5. The second-order valence-electron chi connectivity index (χ2n) is 5.68. The minimum Gasteiger partial charge on any atom is -0.462 e. The van der Waals surface area contributed by atoms with Gasteiger partial charge < -0.3 is 10.1 Å². The first kappa shape index (κ1) is 19.0. The molecule has 0 bridgehead atoms. The van der Waals surface area contributed by atoms with Crippen LogP contribution in [0.3, 0.4) is 0 Å². The van der Waals surface area contributed by atoms with Gasteiger partial charge in [0.2, 0.25) is 0 Å². The van der Waals surface area contributed by atoms with E-state index >= 15 is 0 Å². The number of ether oxygens (including phenoxy) is 1. The molecule has 0 unspecified atom stereocenters. The largest absolute Gasteiger partial charge is 0.462 e. The summed E-state index contributed by atoms with van der Waals surface area (Å²) in [5.74, 6) is 0.156. The Morgan fingerprint density at radius 2 is 1.88 bits per heavy atom. The fraction of sp³-hybridized carbons (Fsp3) is 0.300. The number of carbonyl (C=O) groups is 1. The van der Waals surface area contributed by atoms with E-state index in [1.807, 2.05) is 37.3 Å². The van der Waals surface area contributed by atoms with Gasteiger partial charge >= 0.3 is 5.97 Å². The number of allylic oxidation sites excluding steroid dienone is 2. The Kier molecular flexibility index (Phi) is 6.59. The van der Waals surface area contributed by atoms with Crippen molar-refractivity contribution in [2.45, 2.75) is 34.1 Å². The van der Waals surface area contributed by atoms with Crippen LogP contribution in [0.4, 0.5) is 11.5 Å². The second kappa shape index (κ2) is 8.67. The van der Waals surface area contributed by atoms with Gasteiger partial charge in [-0.1, -0.05) is 42.3 Å². The Balaban J connectivity index is 2.59. The summed E-state index contributed by atoms with van der Waals surface area (Å²) in [6.45, 7) is 8.18. The third-order valence-electron chi connectivity index (χ3n) is 4.09. The zero-order valence-corrected chi connectivity index (χ0v) is 15.8. The summed E-state index contributed by atoms with van der Waals surface area (Å²) in [7, 11) is 0. The highest BCUT2D eigenvalue weighted by molar-refractivity contribution is 6.35. The van der Waals surface area contributed by atoms with Crippen LogP contribution in [0.15, 0.2) is 42.1 Å². The summed E-state index contributed by atoms with van der Waals surface area (Å²) in [4.78, 5) is 16.6. The highest BCUT2D eigenvalue weighted by Crippen LogP contribution is 2.36. The molecule has 0 fully saturated rings. The number of anilines is 2. The van der Waals surface area contributed by atoms with Crippen LogP contribution in [0.25, 0.3) is 5.57 Å². The summed E-state index contributed by atoms with van der Waals surface area (Å²) in [6.07, 6.45) is 2.35. The molecular weight excluding hydrogens is 336 g/mol. The molecule has 4 nitrogen and oxygen atoms in total. The maximum atomic E-state index is 12.2. The fourth-order valence-corrected chi connectivity index (χ4v) is 2.77. The van der Waals surface area contributed by atoms with Crippen molar-refractivity contribution in [2.24, 2.45) is 0 Å². The van der Waals surface area contributed by atoms with Crippen LogP contribution in [-0.2, 0) is 4.74 Å². The average molecular weight is 359 g/mol. The van der Waals surface area contributed by atoms with E-state index in [-0.39, 0.29) is 12.2 Å². The summed E-state index contributed by atoms with van der Waals surface area (Å²) >= 11 is 6.59. The lowest BCUT2D eigenvalue weighted by atomic mass is 9.99. The first-order valence-corrected chi connectivity index (χ1v) is 8.71. The van der Waals surface area contributed by atoms with Gasteiger partial charge in [-0.2, -0.15) is 0 Å². The van der Waals surface area contributed by atoms with Crippen molar-refractivity contribution in [3.8, 4) is 0 Å². The number of pyridine rings is 1. The SMILES string of the molecule is CCOC(=O)c1cnc(Nc2ccccc2)c(/C(C)=C(\C)CC)c1Cl. The zero-order chi connectivity index (χ0) is 18.4. The molecule has 2 rings (SSSR count). The third kappa shape index (κ3) is 4.40. The Labute approximate surface area is 153 Å². The number of benzene rings is 1. The number of hydrogen-bond acceptors (Lipinski definition) is 4. The number of hydrogen-bond donors (Lipinski definition) is 1. The van der Waals surface area contributed by atoms with Crippen molar-refractivity contribution < 1.29 is 9.53 Å². The number of rotatable bonds is 6. The van der Waals surface area contributed by atoms with Gasteiger partial charge in [0, 0.05) is 17.4 Å². The summed E-state index contributed by atoms with van der Waals surface area (Å²) in [5, 5.41) is 3.65. The van der Waals surface area contributed by atoms with Gasteiger partial charge in [0.25, 0.3) is 0 Å². The number of nitrogens with one attached hydrogen (secondary N) is 1. The molecule has 0 aliphatic carbocycles. The van der Waals surface area contributed by atoms with E-state index in [4.69, 9.17) is 16.3 Å². The molecule has 1 N–H and O–H groups in total. The Bertz CT molecular complexity index is 786. The van der Waals surface area contributed by atoms with Crippen LogP contribution in [0.1, 0.15) is 50.0 Å². The molecule has 0 aliphatic rings. The standard InChI is InChI=1S/C20H23ClN2O2/c1-5-13(3)14(4)17-18(21)16(20(24)25-6-2)12-22-19(17)23-15-10-8-7-9-11-15/h7-12H,5-6H2,1-4H3,(H,22,23)/b14-13+. The molecule has 1 heterocycles. The predicted molar refractivity (Wildman–Crippen MR) is 103 cm³/mol.